The molecule has 0 aliphatic carbocycles. The Morgan fingerprint density at radius 1 is 1.19 bits per heavy atom. The third-order valence-corrected chi connectivity index (χ3v) is 9.55. The molecule has 0 bridgehead atoms. The lowest BCUT2D eigenvalue weighted by molar-refractivity contribution is -0.129. The highest BCUT2D eigenvalue weighted by molar-refractivity contribution is 6.36. The molecule has 3 aliphatic rings. The highest BCUT2D eigenvalue weighted by Crippen LogP contribution is 2.42. The molecule has 7 rings (SSSR count). The summed E-state index contributed by atoms with van der Waals surface area (Å²) in [7, 11) is 0. The second kappa shape index (κ2) is 10.7. The summed E-state index contributed by atoms with van der Waals surface area (Å²) in [6, 6.07) is 10.1. The van der Waals surface area contributed by atoms with E-state index in [1.54, 1.807) is 48.4 Å². The lowest BCUT2D eigenvalue weighted by atomic mass is 9.95. The van der Waals surface area contributed by atoms with Gasteiger partial charge < -0.3 is 19.6 Å². The van der Waals surface area contributed by atoms with Crippen molar-refractivity contribution < 1.29 is 23.4 Å². The maximum atomic E-state index is 16.6. The molecule has 5 heterocycles. The highest BCUT2D eigenvalue weighted by Gasteiger charge is 2.49. The smallest absolute Gasteiger partial charge is 0.219 e. The molecule has 2 aromatic heterocycles. The van der Waals surface area contributed by atoms with Gasteiger partial charge in [-0.2, -0.15) is 0 Å². The molecule has 0 radical (unpaired) electrons. The first-order valence-electron chi connectivity index (χ1n) is 14.7. The minimum Gasteiger partial charge on any atom is -0.508 e. The zero-order valence-electron chi connectivity index (χ0n) is 23.8. The summed E-state index contributed by atoms with van der Waals surface area (Å²) >= 11 is 6.55. The number of piperazine rings is 1. The molecule has 43 heavy (non-hydrogen) atoms. The fourth-order valence-electron chi connectivity index (χ4n) is 7.11. The second-order valence-corrected chi connectivity index (χ2v) is 12.3. The van der Waals surface area contributed by atoms with Gasteiger partial charge in [-0.15, -0.1) is 0 Å². The van der Waals surface area contributed by atoms with E-state index in [4.69, 9.17) is 16.3 Å². The summed E-state index contributed by atoms with van der Waals surface area (Å²) < 4.78 is 37.3. The number of pyridine rings is 2. The fraction of sp³-hybridized carbons (Fsp3) is 0.406. The van der Waals surface area contributed by atoms with Gasteiger partial charge in [0.1, 0.15) is 29.7 Å². The number of phenols is 1. The molecule has 11 heteroatoms. The molecule has 1 amide bonds. The van der Waals surface area contributed by atoms with Crippen molar-refractivity contribution >= 4 is 44.9 Å². The first-order chi connectivity index (χ1) is 20.7. The Kier molecular flexibility index (Phi) is 7.01. The molecule has 0 saturated carbocycles. The van der Waals surface area contributed by atoms with Crippen molar-refractivity contribution in [1.82, 2.24) is 19.8 Å². The van der Waals surface area contributed by atoms with Crippen LogP contribution in [-0.2, 0) is 4.79 Å². The van der Waals surface area contributed by atoms with Gasteiger partial charge in [-0.25, -0.2) is 13.8 Å². The lowest BCUT2D eigenvalue weighted by Crippen LogP contribution is -2.48. The summed E-state index contributed by atoms with van der Waals surface area (Å²) in [5.74, 6) is -0.442. The Morgan fingerprint density at radius 3 is 2.79 bits per heavy atom. The first kappa shape index (κ1) is 28.0. The van der Waals surface area contributed by atoms with Crippen LogP contribution in [0.25, 0.3) is 32.9 Å². The predicted octanol–water partition coefficient (Wildman–Crippen LogP) is 5.57. The lowest BCUT2D eigenvalue weighted by Gasteiger charge is -2.36. The molecule has 4 aromatic rings. The summed E-state index contributed by atoms with van der Waals surface area (Å²) in [5.41, 5.74) is 0.754. The Bertz CT molecular complexity index is 1750. The number of rotatable bonds is 5. The van der Waals surface area contributed by atoms with Crippen LogP contribution in [0.3, 0.4) is 0 Å². The molecule has 1 N–H and O–H groups in total. The van der Waals surface area contributed by atoms with E-state index < -0.39 is 12.0 Å². The Hall–Kier alpha value is -3.76. The molecule has 2 aromatic carbocycles. The average Bonchev–Trinajstić information content (AvgIpc) is 3.51. The first-order valence-corrected chi connectivity index (χ1v) is 15.0. The summed E-state index contributed by atoms with van der Waals surface area (Å²) in [5, 5.41) is 12.6. The van der Waals surface area contributed by atoms with Gasteiger partial charge in [-0.3, -0.25) is 14.7 Å². The molecular formula is C32H32ClF2N5O3. The number of fused-ring (bicyclic) bond motifs is 3. The van der Waals surface area contributed by atoms with Gasteiger partial charge in [0.25, 0.3) is 0 Å². The van der Waals surface area contributed by atoms with E-state index in [9.17, 15) is 14.3 Å². The summed E-state index contributed by atoms with van der Waals surface area (Å²) in [6.07, 6.45) is 2.93. The van der Waals surface area contributed by atoms with Gasteiger partial charge >= 0.3 is 0 Å². The van der Waals surface area contributed by atoms with Gasteiger partial charge in [0.05, 0.1) is 11.2 Å². The number of nitrogens with zero attached hydrogens (tertiary/aromatic N) is 5. The predicted molar refractivity (Wildman–Crippen MR) is 162 cm³/mol. The number of carbonyl (C=O) groups excluding carboxylic acids is 1. The van der Waals surface area contributed by atoms with Crippen molar-refractivity contribution in [3.63, 3.8) is 0 Å². The fourth-order valence-corrected chi connectivity index (χ4v) is 7.39. The van der Waals surface area contributed by atoms with Crippen LogP contribution in [0.2, 0.25) is 5.02 Å². The van der Waals surface area contributed by atoms with Crippen LogP contribution in [0.1, 0.15) is 26.2 Å². The number of halogens is 3. The number of aromatic hydroxyl groups is 1. The number of hydrogen-bond donors (Lipinski definition) is 1. The van der Waals surface area contributed by atoms with Gasteiger partial charge in [0.2, 0.25) is 11.8 Å². The zero-order chi connectivity index (χ0) is 29.9. The molecular weight excluding hydrogens is 576 g/mol. The number of hydrogen-bond acceptors (Lipinski definition) is 7. The Balaban J connectivity index is 1.33. The largest absolute Gasteiger partial charge is 0.508 e. The van der Waals surface area contributed by atoms with Crippen LogP contribution in [0.5, 0.6) is 11.6 Å². The van der Waals surface area contributed by atoms with E-state index in [-0.39, 0.29) is 40.9 Å². The molecule has 3 aliphatic heterocycles. The number of ether oxygens (including phenoxy) is 1. The number of carbonyl (C=O) groups is 1. The van der Waals surface area contributed by atoms with Crippen molar-refractivity contribution in [2.45, 2.75) is 37.9 Å². The van der Waals surface area contributed by atoms with Gasteiger partial charge in [0.15, 0.2) is 5.82 Å². The normalized spacial score (nSPS) is 22.5. The highest BCUT2D eigenvalue weighted by atomic mass is 35.5. The molecule has 0 unspecified atom stereocenters. The molecule has 0 spiro atoms. The second-order valence-electron chi connectivity index (χ2n) is 11.9. The SMILES string of the molecule is CC(=O)N1CCN(c2cc(OC[C@@]34CCCN3C[C@H](F)C4)nc3c(F)c(-c4cc(O)cc5cccc(Cl)c45)ncc23)CC1. The standard InChI is InChI=1S/C32H32ClF2N5O3/c1-19(41)38-8-10-39(11-9-38)26-14-27(43-18-32-6-3-7-40(32)17-21(34)15-32)37-31-24(26)16-36-30(29(31)35)23-13-22(42)12-20-4-2-5-25(33)28(20)23/h2,4-5,12-14,16,21,42H,3,6-11,15,17-18H2,1H3/t21-,32+/m1/s1. The number of phenolic OH excluding ortho intramolecular Hbond substituents is 1. The summed E-state index contributed by atoms with van der Waals surface area (Å²) in [6.45, 7) is 5.23. The van der Waals surface area contributed by atoms with Crippen molar-refractivity contribution in [3.8, 4) is 22.9 Å². The average molecular weight is 608 g/mol. The van der Waals surface area contributed by atoms with E-state index in [0.29, 0.717) is 71.6 Å². The molecule has 3 fully saturated rings. The third-order valence-electron chi connectivity index (χ3n) is 9.23. The van der Waals surface area contributed by atoms with Crippen molar-refractivity contribution in [1.29, 1.82) is 0 Å². The van der Waals surface area contributed by atoms with Crippen LogP contribution in [0.15, 0.2) is 42.6 Å². The monoisotopic (exact) mass is 607 g/mol. The van der Waals surface area contributed by atoms with Gasteiger partial charge in [-0.1, -0.05) is 23.7 Å². The van der Waals surface area contributed by atoms with E-state index in [1.807, 2.05) is 0 Å². The van der Waals surface area contributed by atoms with E-state index in [0.717, 1.165) is 19.4 Å². The number of benzene rings is 2. The van der Waals surface area contributed by atoms with Crippen LogP contribution in [0, 0.1) is 5.82 Å². The van der Waals surface area contributed by atoms with Gasteiger partial charge in [-0.05, 0) is 43.0 Å². The van der Waals surface area contributed by atoms with Crippen molar-refractivity contribution in [3.05, 3.63) is 53.4 Å². The minimum atomic E-state index is -0.892. The Labute approximate surface area is 252 Å². The summed E-state index contributed by atoms with van der Waals surface area (Å²) in [4.78, 5) is 27.2. The van der Waals surface area contributed by atoms with Crippen molar-refractivity contribution in [2.24, 2.45) is 0 Å². The zero-order valence-corrected chi connectivity index (χ0v) is 24.6. The Morgan fingerprint density at radius 2 is 2.00 bits per heavy atom. The van der Waals surface area contributed by atoms with Gasteiger partial charge in [0, 0.05) is 79.7 Å². The quantitative estimate of drug-likeness (QED) is 0.318. The minimum absolute atomic E-state index is 0.00937. The van der Waals surface area contributed by atoms with E-state index in [1.165, 1.54) is 6.07 Å². The topological polar surface area (TPSA) is 82.0 Å². The molecule has 3 saturated heterocycles. The maximum Gasteiger partial charge on any atom is 0.219 e. The van der Waals surface area contributed by atoms with Crippen LogP contribution >= 0.6 is 11.6 Å². The van der Waals surface area contributed by atoms with E-state index >= 15 is 4.39 Å². The maximum absolute atomic E-state index is 16.6. The molecule has 224 valence electrons. The third kappa shape index (κ3) is 4.90. The van der Waals surface area contributed by atoms with Crippen molar-refractivity contribution in [2.75, 3.05) is 50.8 Å². The van der Waals surface area contributed by atoms with E-state index in [2.05, 4.69) is 19.8 Å². The molecule has 2 atom stereocenters. The van der Waals surface area contributed by atoms with Crippen LogP contribution in [0.4, 0.5) is 14.5 Å². The number of amides is 1. The number of aromatic nitrogens is 2. The van der Waals surface area contributed by atoms with Crippen LogP contribution in [-0.4, -0.2) is 88.4 Å². The number of anilines is 1. The van der Waals surface area contributed by atoms with Crippen LogP contribution < -0.4 is 9.64 Å². The molecule has 8 nitrogen and oxygen atoms in total. The number of alkyl halides is 1.